The highest BCUT2D eigenvalue weighted by molar-refractivity contribution is 6.22. The van der Waals surface area contributed by atoms with Gasteiger partial charge in [0.1, 0.15) is 0 Å². The number of carbonyl (C=O) groups excluding carboxylic acids is 3. The van der Waals surface area contributed by atoms with Crippen molar-refractivity contribution in [3.05, 3.63) is 59.7 Å². The van der Waals surface area contributed by atoms with Crippen molar-refractivity contribution >= 4 is 17.7 Å². The standard InChI is InChI=1S/C16H14N2O4/c1-3-5-17-13(19)9-7-11-12(8-10(9)14(17)20)16(22)18(6-4-2)15(11)21/h3-4,7-8,13,19H,1-2,5-6H2. The van der Waals surface area contributed by atoms with E-state index in [9.17, 15) is 19.5 Å². The molecule has 0 saturated carbocycles. The van der Waals surface area contributed by atoms with E-state index in [1.165, 1.54) is 29.2 Å². The molecule has 0 aromatic heterocycles. The van der Waals surface area contributed by atoms with Crippen LogP contribution in [0.1, 0.15) is 42.9 Å². The van der Waals surface area contributed by atoms with Crippen molar-refractivity contribution < 1.29 is 19.5 Å². The van der Waals surface area contributed by atoms with Gasteiger partial charge in [0.05, 0.1) is 11.1 Å². The first-order valence-electron chi connectivity index (χ1n) is 6.76. The summed E-state index contributed by atoms with van der Waals surface area (Å²) in [6.07, 6.45) is 1.83. The fourth-order valence-electron chi connectivity index (χ4n) is 2.80. The van der Waals surface area contributed by atoms with Gasteiger partial charge in [-0.25, -0.2) is 0 Å². The molecule has 112 valence electrons. The first kappa shape index (κ1) is 14.2. The summed E-state index contributed by atoms with van der Waals surface area (Å²) in [5.41, 5.74) is 0.978. The van der Waals surface area contributed by atoms with Gasteiger partial charge in [-0.1, -0.05) is 12.2 Å². The Labute approximate surface area is 126 Å². The van der Waals surface area contributed by atoms with Crippen molar-refractivity contribution in [1.29, 1.82) is 0 Å². The van der Waals surface area contributed by atoms with Crippen LogP contribution in [0.2, 0.25) is 0 Å². The number of benzene rings is 1. The maximum absolute atomic E-state index is 12.3. The van der Waals surface area contributed by atoms with Crippen molar-refractivity contribution in [2.75, 3.05) is 13.1 Å². The Bertz CT molecular complexity index is 738. The summed E-state index contributed by atoms with van der Waals surface area (Å²) in [5.74, 6) is -1.27. The quantitative estimate of drug-likeness (QED) is 0.667. The lowest BCUT2D eigenvalue weighted by Gasteiger charge is -2.18. The number of rotatable bonds is 4. The second-order valence-corrected chi connectivity index (χ2v) is 5.11. The fraction of sp³-hybridized carbons (Fsp3) is 0.188. The third kappa shape index (κ3) is 1.74. The number of carbonyl (C=O) groups is 3. The third-order valence-corrected chi connectivity index (χ3v) is 3.84. The van der Waals surface area contributed by atoms with Crippen molar-refractivity contribution in [3.63, 3.8) is 0 Å². The lowest BCUT2D eigenvalue weighted by atomic mass is 10.0. The summed E-state index contributed by atoms with van der Waals surface area (Å²) in [5, 5.41) is 10.2. The second kappa shape index (κ2) is 4.92. The summed E-state index contributed by atoms with van der Waals surface area (Å²) < 4.78 is 0. The van der Waals surface area contributed by atoms with Crippen LogP contribution < -0.4 is 0 Å². The molecule has 2 heterocycles. The zero-order valence-corrected chi connectivity index (χ0v) is 11.8. The summed E-state index contributed by atoms with van der Waals surface area (Å²) >= 11 is 0. The van der Waals surface area contributed by atoms with Crippen LogP contribution in [0, 0.1) is 0 Å². The van der Waals surface area contributed by atoms with Gasteiger partial charge >= 0.3 is 0 Å². The van der Waals surface area contributed by atoms with E-state index in [2.05, 4.69) is 13.2 Å². The maximum Gasteiger partial charge on any atom is 0.261 e. The summed E-state index contributed by atoms with van der Waals surface area (Å²) in [6, 6.07) is 2.82. The monoisotopic (exact) mass is 298 g/mol. The van der Waals surface area contributed by atoms with Crippen LogP contribution in [0.5, 0.6) is 0 Å². The SMILES string of the molecule is C=CCN1C(=O)c2cc3c(cc2C1=O)C(O)N(CC=C)C3=O. The molecule has 2 aliphatic rings. The third-order valence-electron chi connectivity index (χ3n) is 3.84. The lowest BCUT2D eigenvalue weighted by Crippen LogP contribution is -2.30. The molecule has 0 spiro atoms. The number of amides is 3. The van der Waals surface area contributed by atoms with Gasteiger partial charge in [0.2, 0.25) is 0 Å². The highest BCUT2D eigenvalue weighted by atomic mass is 16.3. The van der Waals surface area contributed by atoms with Gasteiger partial charge in [0, 0.05) is 24.2 Å². The Morgan fingerprint density at radius 3 is 2.14 bits per heavy atom. The molecule has 3 amide bonds. The van der Waals surface area contributed by atoms with Crippen LogP contribution in [0.25, 0.3) is 0 Å². The normalized spacial score (nSPS) is 19.5. The number of aliphatic hydroxyl groups excluding tert-OH is 1. The molecule has 1 aromatic carbocycles. The molecule has 0 bridgehead atoms. The maximum atomic E-state index is 12.3. The minimum absolute atomic E-state index is 0.107. The predicted molar refractivity (Wildman–Crippen MR) is 78.2 cm³/mol. The molecule has 1 atom stereocenters. The Morgan fingerprint density at radius 1 is 0.955 bits per heavy atom. The first-order valence-corrected chi connectivity index (χ1v) is 6.76. The molecule has 6 heteroatoms. The van der Waals surface area contributed by atoms with Gasteiger partial charge in [-0.05, 0) is 12.1 Å². The summed E-state index contributed by atoms with van der Waals surface area (Å²) in [6.45, 7) is 7.35. The van der Waals surface area contributed by atoms with Crippen LogP contribution in [-0.4, -0.2) is 45.7 Å². The van der Waals surface area contributed by atoms with Crippen molar-refractivity contribution in [2.24, 2.45) is 0 Å². The summed E-state index contributed by atoms with van der Waals surface area (Å²) in [7, 11) is 0. The zero-order chi connectivity index (χ0) is 16.0. The van der Waals surface area contributed by atoms with Crippen molar-refractivity contribution in [1.82, 2.24) is 9.80 Å². The molecule has 0 radical (unpaired) electrons. The molecule has 22 heavy (non-hydrogen) atoms. The number of nitrogens with zero attached hydrogens (tertiary/aromatic N) is 2. The highest BCUT2D eigenvalue weighted by Gasteiger charge is 2.41. The number of hydrogen-bond donors (Lipinski definition) is 1. The Balaban J connectivity index is 2.09. The first-order chi connectivity index (χ1) is 10.5. The smallest absolute Gasteiger partial charge is 0.261 e. The van der Waals surface area contributed by atoms with E-state index >= 15 is 0 Å². The molecule has 2 aliphatic heterocycles. The van der Waals surface area contributed by atoms with Crippen molar-refractivity contribution in [3.8, 4) is 0 Å². The van der Waals surface area contributed by atoms with Gasteiger partial charge in [-0.2, -0.15) is 0 Å². The molecular formula is C16H14N2O4. The molecule has 1 N–H and O–H groups in total. The minimum atomic E-state index is -1.14. The Morgan fingerprint density at radius 2 is 1.55 bits per heavy atom. The van der Waals surface area contributed by atoms with Crippen LogP contribution in [-0.2, 0) is 0 Å². The largest absolute Gasteiger partial charge is 0.369 e. The molecule has 0 saturated heterocycles. The molecular weight excluding hydrogens is 284 g/mol. The fourth-order valence-corrected chi connectivity index (χ4v) is 2.80. The van der Waals surface area contributed by atoms with E-state index in [4.69, 9.17) is 0 Å². The second-order valence-electron chi connectivity index (χ2n) is 5.11. The van der Waals surface area contributed by atoms with Gasteiger partial charge in [0.25, 0.3) is 17.7 Å². The zero-order valence-electron chi connectivity index (χ0n) is 11.8. The molecule has 0 fully saturated rings. The van der Waals surface area contributed by atoms with E-state index in [1.54, 1.807) is 0 Å². The molecule has 6 nitrogen and oxygen atoms in total. The van der Waals surface area contributed by atoms with E-state index in [-0.39, 0.29) is 35.7 Å². The Kier molecular flexibility index (Phi) is 3.18. The number of hydrogen-bond acceptors (Lipinski definition) is 4. The topological polar surface area (TPSA) is 77.9 Å². The van der Waals surface area contributed by atoms with Gasteiger partial charge in [-0.3, -0.25) is 19.3 Å². The Hall–Kier alpha value is -2.73. The molecule has 1 unspecified atom stereocenters. The number of aliphatic hydroxyl groups is 1. The van der Waals surface area contributed by atoms with Crippen LogP contribution in [0.3, 0.4) is 0 Å². The van der Waals surface area contributed by atoms with Crippen LogP contribution in [0.15, 0.2) is 37.4 Å². The molecule has 0 aliphatic carbocycles. The minimum Gasteiger partial charge on any atom is -0.369 e. The average molecular weight is 298 g/mol. The summed E-state index contributed by atoms with van der Waals surface area (Å²) in [4.78, 5) is 39.1. The highest BCUT2D eigenvalue weighted by Crippen LogP contribution is 2.36. The average Bonchev–Trinajstić information content (AvgIpc) is 2.88. The van der Waals surface area contributed by atoms with Crippen molar-refractivity contribution in [2.45, 2.75) is 6.23 Å². The van der Waals surface area contributed by atoms with Crippen LogP contribution >= 0.6 is 0 Å². The molecule has 3 rings (SSSR count). The van der Waals surface area contributed by atoms with Gasteiger partial charge in [0.15, 0.2) is 6.23 Å². The molecule has 1 aromatic rings. The number of fused-ring (bicyclic) bond motifs is 2. The van der Waals surface area contributed by atoms with E-state index in [1.807, 2.05) is 0 Å². The number of imide groups is 1. The van der Waals surface area contributed by atoms with Gasteiger partial charge in [-0.15, -0.1) is 13.2 Å². The lowest BCUT2D eigenvalue weighted by molar-refractivity contribution is 0.0232. The van der Waals surface area contributed by atoms with E-state index in [0.717, 1.165) is 4.90 Å². The van der Waals surface area contributed by atoms with E-state index in [0.29, 0.717) is 5.56 Å². The van der Waals surface area contributed by atoms with Gasteiger partial charge < -0.3 is 10.0 Å². The van der Waals surface area contributed by atoms with E-state index < -0.39 is 18.0 Å². The predicted octanol–water partition coefficient (Wildman–Crippen LogP) is 1.10. The van der Waals surface area contributed by atoms with Crippen LogP contribution in [0.4, 0.5) is 0 Å².